The monoisotopic (exact) mass is 256 g/mol. The quantitative estimate of drug-likeness (QED) is 0.825. The summed E-state index contributed by atoms with van der Waals surface area (Å²) >= 11 is 0. The summed E-state index contributed by atoms with van der Waals surface area (Å²) in [6, 6.07) is 3.57. The molecule has 0 saturated heterocycles. The molecule has 0 bridgehead atoms. The Morgan fingerprint density at radius 2 is 2.00 bits per heavy atom. The molecule has 0 saturated carbocycles. The van der Waals surface area contributed by atoms with Crippen molar-refractivity contribution in [1.82, 2.24) is 0 Å². The summed E-state index contributed by atoms with van der Waals surface area (Å²) < 4.78 is 36.7. The van der Waals surface area contributed by atoms with Crippen molar-refractivity contribution in [3.8, 4) is 0 Å². The molecule has 0 aromatic heterocycles. The Kier molecular flexibility index (Phi) is 2.63. The highest BCUT2D eigenvalue weighted by molar-refractivity contribution is 7.95. The molecular weight excluding hydrogens is 243 g/mol. The molecule has 0 fully saturated rings. The number of aliphatic hydroxyl groups is 1. The molecule has 92 valence electrons. The molecular formula is C12H13FO3S. The van der Waals surface area contributed by atoms with Gasteiger partial charge >= 0.3 is 0 Å². The lowest BCUT2D eigenvalue weighted by Gasteiger charge is -2.17. The third-order valence-electron chi connectivity index (χ3n) is 2.51. The topological polar surface area (TPSA) is 54.4 Å². The Morgan fingerprint density at radius 3 is 2.59 bits per heavy atom. The van der Waals surface area contributed by atoms with E-state index in [0.717, 1.165) is 11.5 Å². The normalized spacial score (nSPS) is 17.8. The summed E-state index contributed by atoms with van der Waals surface area (Å²) in [5.74, 6) is -0.484. The molecule has 1 aromatic carbocycles. The van der Waals surface area contributed by atoms with Crippen molar-refractivity contribution in [2.75, 3.05) is 0 Å². The Balaban J connectivity index is 2.56. The van der Waals surface area contributed by atoms with Gasteiger partial charge in [0.2, 0.25) is 9.84 Å². The Morgan fingerprint density at radius 1 is 1.35 bits per heavy atom. The number of fused-ring (bicyclic) bond motifs is 1. The lowest BCUT2D eigenvalue weighted by atomic mass is 9.95. The van der Waals surface area contributed by atoms with Crippen molar-refractivity contribution in [3.63, 3.8) is 0 Å². The van der Waals surface area contributed by atoms with Crippen LogP contribution in [0.2, 0.25) is 0 Å². The van der Waals surface area contributed by atoms with Crippen molar-refractivity contribution in [2.24, 2.45) is 0 Å². The first-order valence-electron chi connectivity index (χ1n) is 5.17. The van der Waals surface area contributed by atoms with Gasteiger partial charge in [-0.1, -0.05) is 0 Å². The van der Waals surface area contributed by atoms with Gasteiger partial charge in [-0.2, -0.15) is 0 Å². The number of halogens is 1. The van der Waals surface area contributed by atoms with E-state index in [1.807, 2.05) is 0 Å². The van der Waals surface area contributed by atoms with E-state index in [0.29, 0.717) is 11.1 Å². The zero-order valence-corrected chi connectivity index (χ0v) is 10.4. The predicted octanol–water partition coefficient (Wildman–Crippen LogP) is 2.11. The van der Waals surface area contributed by atoms with E-state index >= 15 is 0 Å². The van der Waals surface area contributed by atoms with E-state index in [1.54, 1.807) is 13.8 Å². The number of hydrogen-bond acceptors (Lipinski definition) is 3. The summed E-state index contributed by atoms with van der Waals surface area (Å²) in [5, 5.41) is 10.8. The summed E-state index contributed by atoms with van der Waals surface area (Å²) in [6.07, 6.45) is 0.169. The van der Waals surface area contributed by atoms with Crippen LogP contribution in [0.5, 0.6) is 0 Å². The van der Waals surface area contributed by atoms with E-state index in [2.05, 4.69) is 0 Å². The summed E-state index contributed by atoms with van der Waals surface area (Å²) in [5.41, 5.74) is -0.228. The summed E-state index contributed by atoms with van der Waals surface area (Å²) in [6.45, 7) is 3.16. The van der Waals surface area contributed by atoms with Gasteiger partial charge < -0.3 is 5.11 Å². The standard InChI is InChI=1S/C12H13FO3S/c1-12(2,14)6-8-7-17(15,16)11-4-3-9(13)5-10(8)11/h3-5,7,14H,6H2,1-2H3. The SMILES string of the molecule is CC(C)(O)CC1=CS(=O)(=O)c2ccc(F)cc21. The molecule has 5 heteroatoms. The third-order valence-corrected chi connectivity index (χ3v) is 4.08. The molecule has 0 atom stereocenters. The van der Waals surface area contributed by atoms with Crippen LogP contribution < -0.4 is 0 Å². The minimum absolute atomic E-state index is 0.109. The van der Waals surface area contributed by atoms with E-state index in [4.69, 9.17) is 0 Å². The highest BCUT2D eigenvalue weighted by Gasteiger charge is 2.29. The second kappa shape index (κ2) is 3.65. The van der Waals surface area contributed by atoms with Crippen molar-refractivity contribution in [3.05, 3.63) is 35.0 Å². The van der Waals surface area contributed by atoms with Crippen LogP contribution in [-0.4, -0.2) is 19.1 Å². The van der Waals surface area contributed by atoms with Crippen molar-refractivity contribution in [2.45, 2.75) is 30.8 Å². The fourth-order valence-electron chi connectivity index (χ4n) is 1.92. The number of benzene rings is 1. The van der Waals surface area contributed by atoms with Gasteiger partial charge in [0.25, 0.3) is 0 Å². The first-order valence-corrected chi connectivity index (χ1v) is 6.72. The molecule has 0 unspecified atom stereocenters. The van der Waals surface area contributed by atoms with E-state index in [-0.39, 0.29) is 11.3 Å². The number of sulfone groups is 1. The van der Waals surface area contributed by atoms with Gasteiger partial charge in [-0.05, 0) is 37.6 Å². The van der Waals surface area contributed by atoms with Crippen LogP contribution in [0.3, 0.4) is 0 Å². The smallest absolute Gasteiger partial charge is 0.200 e. The number of hydrogen-bond donors (Lipinski definition) is 1. The maximum Gasteiger partial charge on any atom is 0.200 e. The second-order valence-electron chi connectivity index (χ2n) is 4.82. The van der Waals surface area contributed by atoms with Gasteiger partial charge in [0.05, 0.1) is 10.5 Å². The Labute approximate surface area is 99.5 Å². The summed E-state index contributed by atoms with van der Waals surface area (Å²) in [7, 11) is -3.48. The minimum Gasteiger partial charge on any atom is -0.390 e. The molecule has 0 spiro atoms. The first-order chi connectivity index (χ1) is 7.69. The van der Waals surface area contributed by atoms with E-state index < -0.39 is 21.3 Å². The van der Waals surface area contributed by atoms with Crippen LogP contribution in [0.15, 0.2) is 28.5 Å². The van der Waals surface area contributed by atoms with Crippen LogP contribution in [0, 0.1) is 5.82 Å². The first kappa shape index (κ1) is 12.3. The van der Waals surface area contributed by atoms with Crippen molar-refractivity contribution < 1.29 is 17.9 Å². The largest absolute Gasteiger partial charge is 0.390 e. The minimum atomic E-state index is -3.48. The molecule has 1 N–H and O–H groups in total. The van der Waals surface area contributed by atoms with Gasteiger partial charge in [0.1, 0.15) is 5.82 Å². The molecule has 3 nitrogen and oxygen atoms in total. The fraction of sp³-hybridized carbons (Fsp3) is 0.333. The molecule has 1 aromatic rings. The van der Waals surface area contributed by atoms with Crippen LogP contribution in [0.1, 0.15) is 25.8 Å². The number of rotatable bonds is 2. The molecule has 1 aliphatic rings. The molecule has 0 aliphatic carbocycles. The molecule has 1 aliphatic heterocycles. The highest BCUT2D eigenvalue weighted by Crippen LogP contribution is 2.37. The van der Waals surface area contributed by atoms with Crippen molar-refractivity contribution >= 4 is 15.4 Å². The Hall–Kier alpha value is -1.20. The zero-order valence-electron chi connectivity index (χ0n) is 9.57. The third kappa shape index (κ3) is 2.40. The lowest BCUT2D eigenvalue weighted by molar-refractivity contribution is 0.0864. The fourth-order valence-corrected chi connectivity index (χ4v) is 3.38. The van der Waals surface area contributed by atoms with Crippen LogP contribution in [0.4, 0.5) is 4.39 Å². The van der Waals surface area contributed by atoms with Gasteiger partial charge in [-0.25, -0.2) is 12.8 Å². The maximum absolute atomic E-state index is 13.1. The molecule has 1 heterocycles. The van der Waals surface area contributed by atoms with Crippen LogP contribution in [0.25, 0.3) is 5.57 Å². The molecule has 0 amide bonds. The van der Waals surface area contributed by atoms with E-state index in [1.165, 1.54) is 12.1 Å². The zero-order chi connectivity index (χ0) is 12.8. The van der Waals surface area contributed by atoms with Crippen LogP contribution in [-0.2, 0) is 9.84 Å². The van der Waals surface area contributed by atoms with Gasteiger partial charge in [-0.3, -0.25) is 0 Å². The molecule has 2 rings (SSSR count). The average molecular weight is 256 g/mol. The van der Waals surface area contributed by atoms with Crippen LogP contribution >= 0.6 is 0 Å². The van der Waals surface area contributed by atoms with Gasteiger partial charge in [0, 0.05) is 17.4 Å². The molecule has 0 radical (unpaired) electrons. The van der Waals surface area contributed by atoms with Gasteiger partial charge in [0.15, 0.2) is 0 Å². The maximum atomic E-state index is 13.1. The summed E-state index contributed by atoms with van der Waals surface area (Å²) in [4.78, 5) is 0.109. The average Bonchev–Trinajstić information content (AvgIpc) is 2.35. The van der Waals surface area contributed by atoms with Crippen molar-refractivity contribution in [1.29, 1.82) is 0 Å². The lowest BCUT2D eigenvalue weighted by Crippen LogP contribution is -2.18. The predicted molar refractivity (Wildman–Crippen MR) is 62.5 cm³/mol. The molecule has 17 heavy (non-hydrogen) atoms. The van der Waals surface area contributed by atoms with E-state index in [9.17, 15) is 17.9 Å². The van der Waals surface area contributed by atoms with Gasteiger partial charge in [-0.15, -0.1) is 0 Å². The highest BCUT2D eigenvalue weighted by atomic mass is 32.2. The Bertz CT molecular complexity index is 595. The second-order valence-corrected chi connectivity index (χ2v) is 6.58.